The van der Waals surface area contributed by atoms with Gasteiger partial charge in [-0.25, -0.2) is 0 Å². The van der Waals surface area contributed by atoms with Crippen molar-refractivity contribution >= 4 is 0 Å². The van der Waals surface area contributed by atoms with Crippen LogP contribution in [-0.2, 0) is 9.47 Å². The maximum Gasteiger partial charge on any atom is 0.0594 e. The third-order valence-electron chi connectivity index (χ3n) is 3.28. The highest BCUT2D eigenvalue weighted by molar-refractivity contribution is 4.87. The third kappa shape index (κ3) is 2.25. The lowest BCUT2D eigenvalue weighted by atomic mass is 9.87. The van der Waals surface area contributed by atoms with E-state index in [1.54, 1.807) is 0 Å². The fraction of sp³-hybridized carbons (Fsp3) is 1.00. The number of hydrogen-bond donors (Lipinski definition) is 1. The summed E-state index contributed by atoms with van der Waals surface area (Å²) in [4.78, 5) is 2.45. The molecular weight excluding hydrogens is 180 g/mol. The molecular formula is C10H20N2O2. The molecule has 2 saturated heterocycles. The molecule has 0 aromatic rings. The maximum atomic E-state index is 5.85. The average Bonchev–Trinajstić information content (AvgIpc) is 2.69. The zero-order chi connectivity index (χ0) is 9.86. The van der Waals surface area contributed by atoms with E-state index in [2.05, 4.69) is 4.90 Å². The Morgan fingerprint density at radius 2 is 1.93 bits per heavy atom. The van der Waals surface area contributed by atoms with Crippen molar-refractivity contribution in [1.82, 2.24) is 4.90 Å². The molecule has 0 radical (unpaired) electrons. The standard InChI is InChI=1S/C10H20N2O2/c11-7-10(1-4-14-9-10)8-12-2-5-13-6-3-12/h1-9,11H2. The molecule has 1 atom stereocenters. The Balaban J connectivity index is 1.86. The highest BCUT2D eigenvalue weighted by atomic mass is 16.5. The predicted octanol–water partition coefficient (Wildman–Crippen LogP) is -0.316. The summed E-state index contributed by atoms with van der Waals surface area (Å²) in [6.45, 7) is 7.34. The summed E-state index contributed by atoms with van der Waals surface area (Å²) in [6, 6.07) is 0. The number of rotatable bonds is 3. The monoisotopic (exact) mass is 200 g/mol. The molecule has 0 amide bonds. The number of ether oxygens (including phenoxy) is 2. The molecule has 14 heavy (non-hydrogen) atoms. The van der Waals surface area contributed by atoms with Crippen molar-refractivity contribution in [2.75, 3.05) is 52.6 Å². The first kappa shape index (κ1) is 10.4. The predicted molar refractivity (Wildman–Crippen MR) is 54.2 cm³/mol. The SMILES string of the molecule is NCC1(CN2CCOCC2)CCOC1. The summed E-state index contributed by atoms with van der Waals surface area (Å²) >= 11 is 0. The van der Waals surface area contributed by atoms with E-state index in [0.717, 1.165) is 59.0 Å². The Hall–Kier alpha value is -0.160. The first-order valence-corrected chi connectivity index (χ1v) is 5.43. The van der Waals surface area contributed by atoms with Crippen molar-refractivity contribution in [3.63, 3.8) is 0 Å². The highest BCUT2D eigenvalue weighted by Gasteiger charge is 2.35. The molecule has 2 aliphatic rings. The molecule has 0 aromatic heterocycles. The van der Waals surface area contributed by atoms with Gasteiger partial charge in [0.1, 0.15) is 0 Å². The van der Waals surface area contributed by atoms with E-state index in [1.165, 1.54) is 0 Å². The largest absolute Gasteiger partial charge is 0.381 e. The van der Waals surface area contributed by atoms with Crippen LogP contribution in [-0.4, -0.2) is 57.5 Å². The van der Waals surface area contributed by atoms with Gasteiger partial charge < -0.3 is 15.2 Å². The van der Waals surface area contributed by atoms with Crippen molar-refractivity contribution in [1.29, 1.82) is 0 Å². The van der Waals surface area contributed by atoms with Crippen LogP contribution in [0.2, 0.25) is 0 Å². The number of nitrogens with zero attached hydrogens (tertiary/aromatic N) is 1. The molecule has 0 aromatic carbocycles. The number of nitrogens with two attached hydrogens (primary N) is 1. The van der Waals surface area contributed by atoms with Gasteiger partial charge in [-0.15, -0.1) is 0 Å². The van der Waals surface area contributed by atoms with Gasteiger partial charge in [-0.1, -0.05) is 0 Å². The van der Waals surface area contributed by atoms with Crippen molar-refractivity contribution < 1.29 is 9.47 Å². The molecule has 0 aliphatic carbocycles. The molecule has 4 nitrogen and oxygen atoms in total. The maximum absolute atomic E-state index is 5.85. The Labute approximate surface area is 85.3 Å². The highest BCUT2D eigenvalue weighted by Crippen LogP contribution is 2.28. The number of morpholine rings is 1. The van der Waals surface area contributed by atoms with Crippen LogP contribution in [0.25, 0.3) is 0 Å². The van der Waals surface area contributed by atoms with E-state index in [9.17, 15) is 0 Å². The van der Waals surface area contributed by atoms with Gasteiger partial charge in [0.2, 0.25) is 0 Å². The van der Waals surface area contributed by atoms with Gasteiger partial charge in [0.05, 0.1) is 19.8 Å². The van der Waals surface area contributed by atoms with Crippen LogP contribution in [0.4, 0.5) is 0 Å². The van der Waals surface area contributed by atoms with Crippen LogP contribution in [0, 0.1) is 5.41 Å². The summed E-state index contributed by atoms with van der Waals surface area (Å²) in [5.41, 5.74) is 6.07. The average molecular weight is 200 g/mol. The van der Waals surface area contributed by atoms with E-state index >= 15 is 0 Å². The van der Waals surface area contributed by atoms with Crippen LogP contribution in [0.1, 0.15) is 6.42 Å². The van der Waals surface area contributed by atoms with Crippen LogP contribution in [0.3, 0.4) is 0 Å². The summed E-state index contributed by atoms with van der Waals surface area (Å²) in [6.07, 6.45) is 1.11. The first-order chi connectivity index (χ1) is 6.85. The van der Waals surface area contributed by atoms with Gasteiger partial charge in [-0.2, -0.15) is 0 Å². The van der Waals surface area contributed by atoms with Crippen molar-refractivity contribution in [2.45, 2.75) is 6.42 Å². The Kier molecular flexibility index (Phi) is 3.38. The minimum absolute atomic E-state index is 0.220. The molecule has 82 valence electrons. The third-order valence-corrected chi connectivity index (χ3v) is 3.28. The normalized spacial score (nSPS) is 34.9. The molecule has 0 bridgehead atoms. The Morgan fingerprint density at radius 1 is 1.14 bits per heavy atom. The smallest absolute Gasteiger partial charge is 0.0594 e. The Bertz CT molecular complexity index is 175. The fourth-order valence-electron chi connectivity index (χ4n) is 2.23. The van der Waals surface area contributed by atoms with Gasteiger partial charge in [0, 0.05) is 38.2 Å². The Morgan fingerprint density at radius 3 is 2.50 bits per heavy atom. The summed E-state index contributed by atoms with van der Waals surface area (Å²) in [5.74, 6) is 0. The zero-order valence-electron chi connectivity index (χ0n) is 8.71. The lowest BCUT2D eigenvalue weighted by Gasteiger charge is -2.35. The number of hydrogen-bond acceptors (Lipinski definition) is 4. The van der Waals surface area contributed by atoms with Crippen LogP contribution in [0.5, 0.6) is 0 Å². The molecule has 2 N–H and O–H groups in total. The zero-order valence-corrected chi connectivity index (χ0v) is 8.71. The van der Waals surface area contributed by atoms with Gasteiger partial charge in [0.15, 0.2) is 0 Å². The van der Waals surface area contributed by atoms with Crippen LogP contribution < -0.4 is 5.73 Å². The second-order valence-corrected chi connectivity index (χ2v) is 4.40. The second-order valence-electron chi connectivity index (χ2n) is 4.40. The summed E-state index contributed by atoms with van der Waals surface area (Å²) in [7, 11) is 0. The molecule has 0 spiro atoms. The van der Waals surface area contributed by atoms with Crippen molar-refractivity contribution in [3.05, 3.63) is 0 Å². The van der Waals surface area contributed by atoms with Gasteiger partial charge >= 0.3 is 0 Å². The van der Waals surface area contributed by atoms with E-state index in [1.807, 2.05) is 0 Å². The first-order valence-electron chi connectivity index (χ1n) is 5.43. The fourth-order valence-corrected chi connectivity index (χ4v) is 2.23. The quantitative estimate of drug-likeness (QED) is 0.678. The minimum atomic E-state index is 0.220. The van der Waals surface area contributed by atoms with Gasteiger partial charge in [-0.05, 0) is 6.42 Å². The van der Waals surface area contributed by atoms with Crippen LogP contribution >= 0.6 is 0 Å². The molecule has 4 heteroatoms. The molecule has 2 aliphatic heterocycles. The van der Waals surface area contributed by atoms with Gasteiger partial charge in [-0.3, -0.25) is 4.90 Å². The molecule has 2 fully saturated rings. The molecule has 0 saturated carbocycles. The molecule has 1 unspecified atom stereocenters. The molecule has 2 heterocycles. The van der Waals surface area contributed by atoms with Crippen LogP contribution in [0.15, 0.2) is 0 Å². The topological polar surface area (TPSA) is 47.7 Å². The van der Waals surface area contributed by atoms with E-state index in [0.29, 0.717) is 0 Å². The van der Waals surface area contributed by atoms with Gasteiger partial charge in [0.25, 0.3) is 0 Å². The molecule has 2 rings (SSSR count). The second kappa shape index (κ2) is 4.57. The minimum Gasteiger partial charge on any atom is -0.381 e. The summed E-state index contributed by atoms with van der Waals surface area (Å²) in [5, 5.41) is 0. The van der Waals surface area contributed by atoms with E-state index in [-0.39, 0.29) is 5.41 Å². The summed E-state index contributed by atoms with van der Waals surface area (Å²) < 4.78 is 10.8. The van der Waals surface area contributed by atoms with E-state index < -0.39 is 0 Å². The lowest BCUT2D eigenvalue weighted by molar-refractivity contribution is 0.0146. The van der Waals surface area contributed by atoms with Crippen molar-refractivity contribution in [3.8, 4) is 0 Å². The lowest BCUT2D eigenvalue weighted by Crippen LogP contribution is -2.47. The van der Waals surface area contributed by atoms with E-state index in [4.69, 9.17) is 15.2 Å². The van der Waals surface area contributed by atoms with Crippen molar-refractivity contribution in [2.24, 2.45) is 11.1 Å².